The summed E-state index contributed by atoms with van der Waals surface area (Å²) in [6, 6.07) is 9.39. The summed E-state index contributed by atoms with van der Waals surface area (Å²) in [5, 5.41) is 3.64. The predicted octanol–water partition coefficient (Wildman–Crippen LogP) is 4.01. The molecular formula is C16H25NO. The Morgan fingerprint density at radius 3 is 2.67 bits per heavy atom. The molecule has 1 aromatic carbocycles. The molecule has 2 atom stereocenters. The van der Waals surface area contributed by atoms with Crippen molar-refractivity contribution in [3.05, 3.63) is 29.8 Å². The van der Waals surface area contributed by atoms with Crippen LogP contribution in [0.3, 0.4) is 0 Å². The third-order valence-corrected chi connectivity index (χ3v) is 3.71. The maximum absolute atomic E-state index is 5.78. The van der Waals surface area contributed by atoms with Crippen LogP contribution in [0.4, 0.5) is 5.69 Å². The lowest BCUT2D eigenvalue weighted by Crippen LogP contribution is -2.33. The highest BCUT2D eigenvalue weighted by molar-refractivity contribution is 5.45. The molecule has 2 heteroatoms. The minimum absolute atomic E-state index is 0.455. The van der Waals surface area contributed by atoms with Gasteiger partial charge in [-0.1, -0.05) is 32.4 Å². The van der Waals surface area contributed by atoms with E-state index in [9.17, 15) is 0 Å². The molecule has 0 spiro atoms. The number of anilines is 1. The fourth-order valence-corrected chi connectivity index (χ4v) is 2.61. The number of benzene rings is 1. The fourth-order valence-electron chi connectivity index (χ4n) is 2.61. The smallest absolute Gasteiger partial charge is 0.0594 e. The van der Waals surface area contributed by atoms with Crippen molar-refractivity contribution in [2.45, 2.75) is 58.1 Å². The van der Waals surface area contributed by atoms with Crippen molar-refractivity contribution in [2.75, 3.05) is 11.9 Å². The zero-order valence-corrected chi connectivity index (χ0v) is 11.6. The topological polar surface area (TPSA) is 21.3 Å². The maximum Gasteiger partial charge on any atom is 0.0594 e. The lowest BCUT2D eigenvalue weighted by atomic mass is 9.99. The van der Waals surface area contributed by atoms with Crippen LogP contribution in [-0.2, 0) is 11.2 Å². The average molecular weight is 247 g/mol. The van der Waals surface area contributed by atoms with Gasteiger partial charge in [-0.25, -0.2) is 0 Å². The summed E-state index contributed by atoms with van der Waals surface area (Å²) in [5.74, 6) is 0. The molecule has 0 radical (unpaired) electrons. The first-order valence-electron chi connectivity index (χ1n) is 7.29. The molecule has 1 aliphatic heterocycles. The molecule has 1 fully saturated rings. The van der Waals surface area contributed by atoms with E-state index >= 15 is 0 Å². The van der Waals surface area contributed by atoms with Gasteiger partial charge in [0, 0.05) is 18.3 Å². The Labute approximate surface area is 111 Å². The zero-order valence-electron chi connectivity index (χ0n) is 11.6. The van der Waals surface area contributed by atoms with Crippen LogP contribution in [0.25, 0.3) is 0 Å². The van der Waals surface area contributed by atoms with E-state index in [0.717, 1.165) is 25.9 Å². The summed E-state index contributed by atoms with van der Waals surface area (Å²) in [6.07, 6.45) is 6.22. The first kappa shape index (κ1) is 13.4. The standard InChI is InChI=1S/C16H25NO/c1-3-5-16-12-15(10-11-18-16)17-14-8-6-13(4-2)7-9-14/h6-9,15-17H,3-5,10-12H2,1-2H3. The highest BCUT2D eigenvalue weighted by Gasteiger charge is 2.21. The number of hydrogen-bond donors (Lipinski definition) is 1. The van der Waals surface area contributed by atoms with E-state index in [2.05, 4.69) is 43.4 Å². The first-order valence-corrected chi connectivity index (χ1v) is 7.29. The van der Waals surface area contributed by atoms with Gasteiger partial charge in [-0.15, -0.1) is 0 Å². The molecule has 1 saturated heterocycles. The quantitative estimate of drug-likeness (QED) is 0.849. The second kappa shape index (κ2) is 6.79. The normalized spacial score (nSPS) is 23.9. The van der Waals surface area contributed by atoms with Gasteiger partial charge in [-0.2, -0.15) is 0 Å². The average Bonchev–Trinajstić information content (AvgIpc) is 2.40. The van der Waals surface area contributed by atoms with E-state index in [-0.39, 0.29) is 0 Å². The van der Waals surface area contributed by atoms with Crippen LogP contribution < -0.4 is 5.32 Å². The summed E-state index contributed by atoms with van der Waals surface area (Å²) in [7, 11) is 0. The van der Waals surface area contributed by atoms with Gasteiger partial charge < -0.3 is 10.1 Å². The van der Waals surface area contributed by atoms with Gasteiger partial charge in [0.1, 0.15) is 0 Å². The Balaban J connectivity index is 1.87. The summed E-state index contributed by atoms with van der Waals surface area (Å²) in [5.41, 5.74) is 2.64. The van der Waals surface area contributed by atoms with Gasteiger partial charge in [0.05, 0.1) is 6.10 Å². The maximum atomic E-state index is 5.78. The molecule has 1 heterocycles. The third-order valence-electron chi connectivity index (χ3n) is 3.71. The predicted molar refractivity (Wildman–Crippen MR) is 77.1 cm³/mol. The fraction of sp³-hybridized carbons (Fsp3) is 0.625. The van der Waals surface area contributed by atoms with Crippen LogP contribution in [0.15, 0.2) is 24.3 Å². The number of ether oxygens (including phenoxy) is 1. The van der Waals surface area contributed by atoms with Gasteiger partial charge in [0.25, 0.3) is 0 Å². The van der Waals surface area contributed by atoms with Gasteiger partial charge >= 0.3 is 0 Å². The number of aryl methyl sites for hydroxylation is 1. The minimum atomic E-state index is 0.455. The van der Waals surface area contributed by atoms with Crippen molar-refractivity contribution in [2.24, 2.45) is 0 Å². The van der Waals surface area contributed by atoms with Gasteiger partial charge in [-0.3, -0.25) is 0 Å². The number of rotatable bonds is 5. The zero-order chi connectivity index (χ0) is 12.8. The van der Waals surface area contributed by atoms with Crippen molar-refractivity contribution >= 4 is 5.69 Å². The number of hydrogen-bond acceptors (Lipinski definition) is 2. The number of nitrogens with one attached hydrogen (secondary N) is 1. The highest BCUT2D eigenvalue weighted by Crippen LogP contribution is 2.21. The molecule has 0 amide bonds. The van der Waals surface area contributed by atoms with Crippen LogP contribution in [0, 0.1) is 0 Å². The monoisotopic (exact) mass is 247 g/mol. The summed E-state index contributed by atoms with van der Waals surface area (Å²) in [4.78, 5) is 0. The molecule has 1 aromatic rings. The molecule has 1 aliphatic rings. The summed E-state index contributed by atoms with van der Waals surface area (Å²) in [6.45, 7) is 5.31. The first-order chi connectivity index (χ1) is 8.81. The molecule has 100 valence electrons. The van der Waals surface area contributed by atoms with E-state index in [1.165, 1.54) is 24.1 Å². The lowest BCUT2D eigenvalue weighted by molar-refractivity contribution is 0.00598. The molecule has 18 heavy (non-hydrogen) atoms. The third kappa shape index (κ3) is 3.74. The summed E-state index contributed by atoms with van der Waals surface area (Å²) >= 11 is 0. The lowest BCUT2D eigenvalue weighted by Gasteiger charge is -2.30. The molecule has 2 rings (SSSR count). The minimum Gasteiger partial charge on any atom is -0.382 e. The van der Waals surface area contributed by atoms with Crippen molar-refractivity contribution in [3.8, 4) is 0 Å². The molecule has 0 saturated carbocycles. The van der Waals surface area contributed by atoms with Crippen molar-refractivity contribution in [1.82, 2.24) is 0 Å². The van der Waals surface area contributed by atoms with E-state index in [0.29, 0.717) is 12.1 Å². The van der Waals surface area contributed by atoms with Crippen LogP contribution in [0.1, 0.15) is 45.1 Å². The van der Waals surface area contributed by atoms with Gasteiger partial charge in [-0.05, 0) is 43.4 Å². The highest BCUT2D eigenvalue weighted by atomic mass is 16.5. The van der Waals surface area contributed by atoms with Crippen LogP contribution >= 0.6 is 0 Å². The SMILES string of the molecule is CCCC1CC(Nc2ccc(CC)cc2)CCO1. The van der Waals surface area contributed by atoms with Crippen molar-refractivity contribution < 1.29 is 4.74 Å². The van der Waals surface area contributed by atoms with Crippen LogP contribution in [-0.4, -0.2) is 18.8 Å². The molecule has 0 aromatic heterocycles. The Kier molecular flexibility index (Phi) is 5.06. The summed E-state index contributed by atoms with van der Waals surface area (Å²) < 4.78 is 5.78. The van der Waals surface area contributed by atoms with Gasteiger partial charge in [0.15, 0.2) is 0 Å². The molecule has 1 N–H and O–H groups in total. The van der Waals surface area contributed by atoms with E-state index in [1.54, 1.807) is 0 Å². The molecular weight excluding hydrogens is 222 g/mol. The Bertz CT molecular complexity index is 345. The van der Waals surface area contributed by atoms with Crippen molar-refractivity contribution in [1.29, 1.82) is 0 Å². The van der Waals surface area contributed by atoms with E-state index in [1.807, 2.05) is 0 Å². The Morgan fingerprint density at radius 2 is 2.00 bits per heavy atom. The molecule has 2 nitrogen and oxygen atoms in total. The van der Waals surface area contributed by atoms with Crippen LogP contribution in [0.5, 0.6) is 0 Å². The molecule has 0 bridgehead atoms. The van der Waals surface area contributed by atoms with Crippen molar-refractivity contribution in [3.63, 3.8) is 0 Å². The van der Waals surface area contributed by atoms with Crippen LogP contribution in [0.2, 0.25) is 0 Å². The largest absolute Gasteiger partial charge is 0.382 e. The second-order valence-corrected chi connectivity index (χ2v) is 5.20. The Hall–Kier alpha value is -1.02. The van der Waals surface area contributed by atoms with E-state index in [4.69, 9.17) is 4.74 Å². The molecule has 2 unspecified atom stereocenters. The van der Waals surface area contributed by atoms with E-state index < -0.39 is 0 Å². The van der Waals surface area contributed by atoms with Gasteiger partial charge in [0.2, 0.25) is 0 Å². The molecule has 0 aliphatic carbocycles. The second-order valence-electron chi connectivity index (χ2n) is 5.20. The Morgan fingerprint density at radius 1 is 1.22 bits per heavy atom.